The van der Waals surface area contributed by atoms with E-state index < -0.39 is 73.7 Å². The van der Waals surface area contributed by atoms with E-state index >= 15 is 0 Å². The third kappa shape index (κ3) is 11.1. The summed E-state index contributed by atoms with van der Waals surface area (Å²) < 4.78 is 16.1. The number of aliphatic carboxylic acids is 2. The van der Waals surface area contributed by atoms with Gasteiger partial charge in [0.2, 0.25) is 0 Å². The van der Waals surface area contributed by atoms with E-state index in [0.29, 0.717) is 6.42 Å². The second kappa shape index (κ2) is 16.8. The Balaban J connectivity index is 2.60. The zero-order valence-corrected chi connectivity index (χ0v) is 20.9. The summed E-state index contributed by atoms with van der Waals surface area (Å²) in [5.74, 6) is -4.92. The van der Waals surface area contributed by atoms with Gasteiger partial charge in [-0.2, -0.15) is 0 Å². The molecule has 0 amide bonds. The molecule has 1 fully saturated rings. The van der Waals surface area contributed by atoms with Crippen molar-refractivity contribution >= 4 is 17.9 Å². The van der Waals surface area contributed by atoms with Gasteiger partial charge in [0.25, 0.3) is 0 Å². The van der Waals surface area contributed by atoms with Gasteiger partial charge in [0, 0.05) is 6.61 Å². The topological polar surface area (TPSA) is 200 Å². The molecule has 1 rings (SSSR count). The van der Waals surface area contributed by atoms with Crippen LogP contribution in [0.4, 0.5) is 0 Å². The van der Waals surface area contributed by atoms with E-state index in [9.17, 15) is 34.8 Å². The van der Waals surface area contributed by atoms with Gasteiger partial charge < -0.3 is 44.8 Å². The Hall–Kier alpha value is -1.83. The summed E-state index contributed by atoms with van der Waals surface area (Å²) in [6, 6.07) is 0. The Morgan fingerprint density at radius 1 is 0.861 bits per heavy atom. The van der Waals surface area contributed by atoms with Gasteiger partial charge in [-0.25, -0.2) is 4.79 Å². The number of carbonyl (C=O) groups excluding carboxylic acids is 1. The third-order valence-electron chi connectivity index (χ3n) is 6.15. The Morgan fingerprint density at radius 2 is 1.42 bits per heavy atom. The maximum atomic E-state index is 12.3. The smallest absolute Gasteiger partial charge is 0.336 e. The summed E-state index contributed by atoms with van der Waals surface area (Å²) in [7, 11) is 0. The molecule has 0 aliphatic carbocycles. The number of hydrogen-bond acceptors (Lipinski definition) is 10. The van der Waals surface area contributed by atoms with Gasteiger partial charge in [0.15, 0.2) is 18.0 Å². The van der Waals surface area contributed by atoms with E-state index in [1.165, 1.54) is 38.5 Å². The van der Waals surface area contributed by atoms with Crippen molar-refractivity contribution in [2.45, 2.75) is 120 Å². The lowest BCUT2D eigenvalue weighted by Crippen LogP contribution is -2.60. The van der Waals surface area contributed by atoms with Gasteiger partial charge in [-0.1, -0.05) is 64.7 Å². The van der Waals surface area contributed by atoms with E-state index in [-0.39, 0.29) is 6.61 Å². The van der Waals surface area contributed by atoms with Crippen LogP contribution < -0.4 is 0 Å². The molecular formula is C24H42O12. The standard InChI is InChI=1S/C24H42O12/c1-2-3-4-5-6-7-8-9-10-11-12-34-22-21(20(30)19(29)16(15-25)35-22)36-18(28)14-24(33,23(31)32)13-17(26)27/h16,19-22,25,29-30,33H,2-15H2,1H3,(H,26,27)(H,31,32)/t16-,19-,20+,21-,22?,24?/m1/s1. The molecule has 12 heteroatoms. The van der Waals surface area contributed by atoms with Crippen LogP contribution in [0.1, 0.15) is 84.0 Å². The van der Waals surface area contributed by atoms with Gasteiger partial charge in [-0.05, 0) is 6.42 Å². The lowest BCUT2D eigenvalue weighted by atomic mass is 9.95. The fraction of sp³-hybridized carbons (Fsp3) is 0.875. The van der Waals surface area contributed by atoms with Crippen LogP contribution in [0.25, 0.3) is 0 Å². The van der Waals surface area contributed by atoms with Crippen LogP contribution >= 0.6 is 0 Å². The van der Waals surface area contributed by atoms with Crippen LogP contribution in [-0.2, 0) is 28.6 Å². The zero-order valence-electron chi connectivity index (χ0n) is 20.9. The number of hydrogen-bond donors (Lipinski definition) is 6. The van der Waals surface area contributed by atoms with Crippen molar-refractivity contribution in [2.75, 3.05) is 13.2 Å². The van der Waals surface area contributed by atoms with E-state index in [1.807, 2.05) is 0 Å². The molecule has 6 N–H and O–H groups in total. The van der Waals surface area contributed by atoms with Crippen molar-refractivity contribution in [3.63, 3.8) is 0 Å². The van der Waals surface area contributed by atoms with Crippen molar-refractivity contribution in [2.24, 2.45) is 0 Å². The summed E-state index contributed by atoms with van der Waals surface area (Å²) in [4.78, 5) is 34.5. The summed E-state index contributed by atoms with van der Waals surface area (Å²) in [6.45, 7) is 1.71. The average molecular weight is 523 g/mol. The molecule has 1 aliphatic heterocycles. The Morgan fingerprint density at radius 3 is 1.92 bits per heavy atom. The van der Waals surface area contributed by atoms with Gasteiger partial charge >= 0.3 is 17.9 Å². The minimum absolute atomic E-state index is 0.175. The number of carboxylic acid groups (broad SMARTS) is 2. The minimum Gasteiger partial charge on any atom is -0.481 e. The SMILES string of the molecule is CCCCCCCCCCCCOC1O[C@H](CO)[C@@H](O)[C@H](O)[C@H]1OC(=O)CC(O)(CC(=O)O)C(=O)O. The Labute approximate surface area is 211 Å². The average Bonchev–Trinajstić information content (AvgIpc) is 2.81. The molecule has 0 aromatic carbocycles. The molecule has 12 nitrogen and oxygen atoms in total. The quantitative estimate of drug-likeness (QED) is 0.104. The molecular weight excluding hydrogens is 480 g/mol. The van der Waals surface area contributed by atoms with Gasteiger partial charge in [0.1, 0.15) is 18.3 Å². The normalized spacial score (nSPS) is 25.8. The first-order valence-corrected chi connectivity index (χ1v) is 12.7. The summed E-state index contributed by atoms with van der Waals surface area (Å²) in [5, 5.41) is 58.0. The molecule has 0 aromatic rings. The highest BCUT2D eigenvalue weighted by Crippen LogP contribution is 2.26. The number of aliphatic hydroxyl groups is 4. The van der Waals surface area contributed by atoms with Crippen LogP contribution in [0, 0.1) is 0 Å². The number of esters is 1. The summed E-state index contributed by atoms with van der Waals surface area (Å²) >= 11 is 0. The first kappa shape index (κ1) is 32.2. The highest BCUT2D eigenvalue weighted by atomic mass is 16.7. The highest BCUT2D eigenvalue weighted by Gasteiger charge is 2.48. The van der Waals surface area contributed by atoms with Gasteiger partial charge in [0.05, 0.1) is 19.4 Å². The Bertz CT molecular complexity index is 671. The van der Waals surface area contributed by atoms with Crippen molar-refractivity contribution in [1.29, 1.82) is 0 Å². The zero-order chi connectivity index (χ0) is 27.1. The molecule has 6 atom stereocenters. The monoisotopic (exact) mass is 522 g/mol. The summed E-state index contributed by atoms with van der Waals surface area (Å²) in [5.41, 5.74) is -2.93. The van der Waals surface area contributed by atoms with Crippen LogP contribution in [0.2, 0.25) is 0 Å². The molecule has 36 heavy (non-hydrogen) atoms. The lowest BCUT2D eigenvalue weighted by Gasteiger charge is -2.41. The highest BCUT2D eigenvalue weighted by molar-refractivity contribution is 5.88. The lowest BCUT2D eigenvalue weighted by molar-refractivity contribution is -0.304. The predicted octanol–water partition coefficient (Wildman–Crippen LogP) is 0.955. The maximum absolute atomic E-state index is 12.3. The fourth-order valence-corrected chi connectivity index (χ4v) is 4.00. The van der Waals surface area contributed by atoms with Crippen LogP contribution in [0.15, 0.2) is 0 Å². The largest absolute Gasteiger partial charge is 0.481 e. The fourth-order valence-electron chi connectivity index (χ4n) is 4.00. The number of ether oxygens (including phenoxy) is 3. The molecule has 0 aromatic heterocycles. The van der Waals surface area contributed by atoms with Gasteiger partial charge in [-0.3, -0.25) is 9.59 Å². The van der Waals surface area contributed by atoms with E-state index in [4.69, 9.17) is 24.4 Å². The first-order chi connectivity index (χ1) is 17.1. The van der Waals surface area contributed by atoms with E-state index in [1.54, 1.807) is 0 Å². The second-order valence-corrected chi connectivity index (χ2v) is 9.30. The van der Waals surface area contributed by atoms with Crippen LogP contribution in [-0.4, -0.2) is 98.1 Å². The van der Waals surface area contributed by atoms with E-state index in [2.05, 4.69) is 6.92 Å². The van der Waals surface area contributed by atoms with Crippen LogP contribution in [0.3, 0.4) is 0 Å². The summed E-state index contributed by atoms with van der Waals surface area (Å²) in [6.07, 6.45) is 0.985. The van der Waals surface area contributed by atoms with Crippen molar-refractivity contribution in [3.05, 3.63) is 0 Å². The second-order valence-electron chi connectivity index (χ2n) is 9.30. The number of unbranched alkanes of at least 4 members (excludes halogenated alkanes) is 9. The Kier molecular flexibility index (Phi) is 15.0. The van der Waals surface area contributed by atoms with Crippen molar-refractivity contribution in [1.82, 2.24) is 0 Å². The van der Waals surface area contributed by atoms with Crippen molar-refractivity contribution in [3.8, 4) is 0 Å². The molecule has 0 bridgehead atoms. The predicted molar refractivity (Wildman–Crippen MR) is 125 cm³/mol. The number of carboxylic acids is 2. The maximum Gasteiger partial charge on any atom is 0.336 e. The minimum atomic E-state index is -2.93. The third-order valence-corrected chi connectivity index (χ3v) is 6.15. The molecule has 1 heterocycles. The van der Waals surface area contributed by atoms with E-state index in [0.717, 1.165) is 19.3 Å². The molecule has 0 spiro atoms. The van der Waals surface area contributed by atoms with Crippen LogP contribution in [0.5, 0.6) is 0 Å². The van der Waals surface area contributed by atoms with Gasteiger partial charge in [-0.15, -0.1) is 0 Å². The number of carbonyl (C=O) groups is 3. The number of aliphatic hydroxyl groups excluding tert-OH is 3. The molecule has 1 saturated heterocycles. The molecule has 0 radical (unpaired) electrons. The first-order valence-electron chi connectivity index (χ1n) is 12.7. The molecule has 1 aliphatic rings. The molecule has 0 saturated carbocycles. The molecule has 2 unspecified atom stereocenters. The molecule has 210 valence electrons. The van der Waals surface area contributed by atoms with Crippen molar-refractivity contribution < 1.29 is 59.2 Å². The number of rotatable bonds is 19.